The molecule has 0 aromatic rings. The zero-order valence-corrected chi connectivity index (χ0v) is 10.3. The molecule has 2 unspecified atom stereocenters. The summed E-state index contributed by atoms with van der Waals surface area (Å²) >= 11 is 0. The van der Waals surface area contributed by atoms with Gasteiger partial charge < -0.3 is 10.0 Å². The van der Waals surface area contributed by atoms with Crippen molar-refractivity contribution >= 4 is 5.91 Å². The Hall–Kier alpha value is -0.610. The van der Waals surface area contributed by atoms with Crippen molar-refractivity contribution in [3.8, 4) is 0 Å². The molecule has 1 aliphatic heterocycles. The zero-order valence-electron chi connectivity index (χ0n) is 10.3. The van der Waals surface area contributed by atoms with Crippen molar-refractivity contribution in [2.45, 2.75) is 45.3 Å². The van der Waals surface area contributed by atoms with Crippen LogP contribution in [0.25, 0.3) is 0 Å². The molecule has 0 saturated carbocycles. The third-order valence-corrected chi connectivity index (χ3v) is 3.17. The Bertz CT molecular complexity index is 247. The minimum Gasteiger partial charge on any atom is -0.394 e. The highest BCUT2D eigenvalue weighted by Gasteiger charge is 2.40. The van der Waals surface area contributed by atoms with Crippen molar-refractivity contribution in [3.63, 3.8) is 0 Å². The van der Waals surface area contributed by atoms with Gasteiger partial charge in [0.05, 0.1) is 6.61 Å². The van der Waals surface area contributed by atoms with E-state index in [1.807, 2.05) is 37.6 Å². The zero-order chi connectivity index (χ0) is 11.8. The van der Waals surface area contributed by atoms with Gasteiger partial charge in [-0.15, -0.1) is 0 Å². The van der Waals surface area contributed by atoms with Crippen LogP contribution in [0.1, 0.15) is 27.7 Å². The maximum absolute atomic E-state index is 12.1. The predicted molar refractivity (Wildman–Crippen MR) is 59.6 cm³/mol. The lowest BCUT2D eigenvalue weighted by molar-refractivity contribution is -0.151. The molecule has 0 bridgehead atoms. The van der Waals surface area contributed by atoms with Crippen LogP contribution in [0.15, 0.2) is 0 Å². The average Bonchev–Trinajstić information content (AvgIpc) is 2.10. The Labute approximate surface area is 91.9 Å². The van der Waals surface area contributed by atoms with E-state index in [2.05, 4.69) is 6.92 Å². The fraction of sp³-hybridized carbons (Fsp3) is 0.909. The number of amides is 1. The largest absolute Gasteiger partial charge is 0.394 e. The minimum absolute atomic E-state index is 0.0330. The van der Waals surface area contributed by atoms with Crippen LogP contribution in [0.2, 0.25) is 0 Å². The van der Waals surface area contributed by atoms with E-state index in [-0.39, 0.29) is 24.1 Å². The second-order valence-electron chi connectivity index (χ2n) is 5.33. The maximum atomic E-state index is 12.1. The predicted octanol–water partition coefficient (Wildman–Crippen LogP) is 0.308. The Morgan fingerprint density at radius 1 is 1.47 bits per heavy atom. The van der Waals surface area contributed by atoms with E-state index in [0.29, 0.717) is 6.04 Å². The highest BCUT2D eigenvalue weighted by atomic mass is 16.3. The van der Waals surface area contributed by atoms with E-state index in [0.717, 1.165) is 6.54 Å². The number of aliphatic hydroxyl groups excluding tert-OH is 1. The maximum Gasteiger partial charge on any atom is 0.242 e. The first kappa shape index (κ1) is 12.5. The van der Waals surface area contributed by atoms with Gasteiger partial charge in [-0.1, -0.05) is 0 Å². The van der Waals surface area contributed by atoms with Crippen molar-refractivity contribution in [1.29, 1.82) is 0 Å². The number of hydrogen-bond donors (Lipinski definition) is 1. The minimum atomic E-state index is -0.382. The van der Waals surface area contributed by atoms with Gasteiger partial charge in [-0.25, -0.2) is 0 Å². The summed E-state index contributed by atoms with van der Waals surface area (Å²) in [5.41, 5.74) is -0.167. The van der Waals surface area contributed by atoms with Crippen LogP contribution in [0.5, 0.6) is 0 Å². The Kier molecular flexibility index (Phi) is 3.41. The van der Waals surface area contributed by atoms with E-state index in [1.165, 1.54) is 0 Å². The number of carbonyl (C=O) groups excluding carboxylic acids is 1. The SMILES string of the molecule is CC1CN(C(C)(C)C)C(=O)C(CO)N1C. The van der Waals surface area contributed by atoms with E-state index < -0.39 is 0 Å². The number of likely N-dealkylation sites (N-methyl/N-ethyl adjacent to an activating group) is 1. The van der Waals surface area contributed by atoms with Crippen molar-refractivity contribution in [2.75, 3.05) is 20.2 Å². The first-order valence-electron chi connectivity index (χ1n) is 5.43. The van der Waals surface area contributed by atoms with Gasteiger partial charge in [-0.2, -0.15) is 0 Å². The van der Waals surface area contributed by atoms with Crippen LogP contribution in [-0.2, 0) is 4.79 Å². The molecule has 1 amide bonds. The van der Waals surface area contributed by atoms with Gasteiger partial charge in [0.2, 0.25) is 5.91 Å². The monoisotopic (exact) mass is 214 g/mol. The van der Waals surface area contributed by atoms with Crippen LogP contribution in [0.3, 0.4) is 0 Å². The van der Waals surface area contributed by atoms with Crippen molar-refractivity contribution in [3.05, 3.63) is 0 Å². The molecule has 0 aliphatic carbocycles. The number of piperazine rings is 1. The van der Waals surface area contributed by atoms with Gasteiger partial charge >= 0.3 is 0 Å². The molecule has 0 spiro atoms. The molecule has 1 fully saturated rings. The number of aliphatic hydroxyl groups is 1. The number of hydrogen-bond acceptors (Lipinski definition) is 3. The Balaban J connectivity index is 2.91. The molecule has 1 heterocycles. The van der Waals surface area contributed by atoms with E-state index in [1.54, 1.807) is 0 Å². The summed E-state index contributed by atoms with van der Waals surface area (Å²) in [6.07, 6.45) is 0. The molecule has 4 heteroatoms. The van der Waals surface area contributed by atoms with Gasteiger partial charge in [0.25, 0.3) is 0 Å². The Morgan fingerprint density at radius 2 is 2.00 bits per heavy atom. The van der Waals surface area contributed by atoms with Crippen LogP contribution in [0, 0.1) is 0 Å². The fourth-order valence-corrected chi connectivity index (χ4v) is 1.96. The molecule has 15 heavy (non-hydrogen) atoms. The average molecular weight is 214 g/mol. The molecule has 1 aliphatic rings. The Morgan fingerprint density at radius 3 is 2.40 bits per heavy atom. The lowest BCUT2D eigenvalue weighted by Crippen LogP contribution is -2.64. The second kappa shape index (κ2) is 4.10. The molecule has 88 valence electrons. The molecular weight excluding hydrogens is 192 g/mol. The fourth-order valence-electron chi connectivity index (χ4n) is 1.96. The topological polar surface area (TPSA) is 43.8 Å². The number of carbonyl (C=O) groups is 1. The number of rotatable bonds is 1. The quantitative estimate of drug-likeness (QED) is 0.683. The molecule has 0 radical (unpaired) electrons. The smallest absolute Gasteiger partial charge is 0.242 e. The molecule has 0 aromatic heterocycles. The van der Waals surface area contributed by atoms with Crippen molar-refractivity contribution in [1.82, 2.24) is 9.80 Å². The van der Waals surface area contributed by atoms with Crippen LogP contribution < -0.4 is 0 Å². The van der Waals surface area contributed by atoms with Gasteiger partial charge in [-0.3, -0.25) is 9.69 Å². The van der Waals surface area contributed by atoms with Crippen molar-refractivity contribution < 1.29 is 9.90 Å². The lowest BCUT2D eigenvalue weighted by Gasteiger charge is -2.47. The normalized spacial score (nSPS) is 29.7. The molecular formula is C11H22N2O2. The number of nitrogens with zero attached hydrogens (tertiary/aromatic N) is 2. The first-order valence-corrected chi connectivity index (χ1v) is 5.43. The van der Waals surface area contributed by atoms with Crippen molar-refractivity contribution in [2.24, 2.45) is 0 Å². The van der Waals surface area contributed by atoms with E-state index in [4.69, 9.17) is 0 Å². The standard InChI is InChI=1S/C11H22N2O2/c1-8-6-13(11(2,3)4)10(15)9(7-14)12(8)5/h8-9,14H,6-7H2,1-5H3. The summed E-state index contributed by atoms with van der Waals surface area (Å²) in [5, 5.41) is 9.24. The second-order valence-corrected chi connectivity index (χ2v) is 5.33. The van der Waals surface area contributed by atoms with E-state index >= 15 is 0 Å². The molecule has 2 atom stereocenters. The molecule has 4 nitrogen and oxygen atoms in total. The summed E-state index contributed by atoms with van der Waals surface area (Å²) in [5.74, 6) is 0.0330. The van der Waals surface area contributed by atoms with Crippen LogP contribution in [0.4, 0.5) is 0 Å². The van der Waals surface area contributed by atoms with Gasteiger partial charge in [0, 0.05) is 18.1 Å². The summed E-state index contributed by atoms with van der Waals surface area (Å²) in [4.78, 5) is 15.9. The summed E-state index contributed by atoms with van der Waals surface area (Å²) in [6, 6.07) is -0.0907. The summed E-state index contributed by atoms with van der Waals surface area (Å²) in [6.45, 7) is 8.78. The van der Waals surface area contributed by atoms with Gasteiger partial charge in [-0.05, 0) is 34.7 Å². The van der Waals surface area contributed by atoms with Gasteiger partial charge in [0.1, 0.15) is 6.04 Å². The molecule has 1 saturated heterocycles. The third kappa shape index (κ3) is 2.32. The molecule has 1 rings (SSSR count). The van der Waals surface area contributed by atoms with E-state index in [9.17, 15) is 9.90 Å². The lowest BCUT2D eigenvalue weighted by atomic mass is 9.99. The first-order chi connectivity index (χ1) is 6.79. The van der Waals surface area contributed by atoms with Crippen LogP contribution >= 0.6 is 0 Å². The summed E-state index contributed by atoms with van der Waals surface area (Å²) < 4.78 is 0. The highest BCUT2D eigenvalue weighted by Crippen LogP contribution is 2.22. The third-order valence-electron chi connectivity index (χ3n) is 3.17. The summed E-state index contributed by atoms with van der Waals surface area (Å²) in [7, 11) is 1.89. The molecule has 0 aromatic carbocycles. The van der Waals surface area contributed by atoms with Crippen LogP contribution in [-0.4, -0.2) is 58.6 Å². The van der Waals surface area contributed by atoms with Gasteiger partial charge in [0.15, 0.2) is 0 Å². The molecule has 1 N–H and O–H groups in total. The highest BCUT2D eigenvalue weighted by molar-refractivity contribution is 5.83.